The Bertz CT molecular complexity index is 192. The number of rotatable bonds is 1. The number of piperidine rings is 1. The van der Waals surface area contributed by atoms with Gasteiger partial charge in [-0.3, -0.25) is 0 Å². The van der Waals surface area contributed by atoms with Crippen molar-refractivity contribution in [3.8, 4) is 6.07 Å². The fraction of sp³-hybridized carbons (Fsp3) is 0.900. The third-order valence-electron chi connectivity index (χ3n) is 3.58. The highest BCUT2D eigenvalue weighted by Crippen LogP contribution is 2.38. The molecule has 0 saturated carbocycles. The third kappa shape index (κ3) is 1.23. The van der Waals surface area contributed by atoms with Gasteiger partial charge in [-0.1, -0.05) is 0 Å². The molecule has 3 atom stereocenters. The quantitative estimate of drug-likeness (QED) is 0.590. The molecule has 12 heavy (non-hydrogen) atoms. The highest BCUT2D eigenvalue weighted by molar-refractivity contribution is 4.95. The maximum atomic E-state index is 8.61. The summed E-state index contributed by atoms with van der Waals surface area (Å²) < 4.78 is 0. The van der Waals surface area contributed by atoms with Crippen LogP contribution < -0.4 is 0 Å². The lowest BCUT2D eigenvalue weighted by Crippen LogP contribution is -2.39. The van der Waals surface area contributed by atoms with E-state index >= 15 is 0 Å². The van der Waals surface area contributed by atoms with Gasteiger partial charge in [-0.25, -0.2) is 0 Å². The average Bonchev–Trinajstić information content (AvgIpc) is 2.33. The summed E-state index contributed by atoms with van der Waals surface area (Å²) in [5, 5.41) is 8.61. The predicted octanol–water partition coefficient (Wildman–Crippen LogP) is 1.77. The molecule has 0 N–H and O–H groups in total. The van der Waals surface area contributed by atoms with E-state index in [9.17, 15) is 0 Å². The van der Waals surface area contributed by atoms with Gasteiger partial charge in [-0.2, -0.15) is 5.26 Å². The first-order chi connectivity index (χ1) is 5.81. The number of hydrogen-bond acceptors (Lipinski definition) is 2. The first kappa shape index (κ1) is 8.07. The minimum atomic E-state index is 0.698. The van der Waals surface area contributed by atoms with Gasteiger partial charge in [0.2, 0.25) is 0 Å². The molecule has 0 radical (unpaired) electrons. The summed E-state index contributed by atoms with van der Waals surface area (Å²) in [4.78, 5) is 2.52. The molecule has 2 saturated heterocycles. The minimum Gasteiger partial charge on any atom is -0.300 e. The molecule has 2 heteroatoms. The second-order valence-corrected chi connectivity index (χ2v) is 4.25. The van der Waals surface area contributed by atoms with E-state index in [1.807, 2.05) is 0 Å². The summed E-state index contributed by atoms with van der Waals surface area (Å²) in [6, 6.07) is 3.89. The summed E-state index contributed by atoms with van der Waals surface area (Å²) in [6.07, 6.45) is 6.04. The van der Waals surface area contributed by atoms with Gasteiger partial charge in [0.25, 0.3) is 0 Å². The highest BCUT2D eigenvalue weighted by atomic mass is 15.2. The first-order valence-electron chi connectivity index (χ1n) is 4.90. The number of fused-ring (bicyclic) bond motifs is 2. The van der Waals surface area contributed by atoms with E-state index in [2.05, 4.69) is 18.0 Å². The average molecular weight is 164 g/mol. The lowest BCUT2D eigenvalue weighted by atomic mass is 9.89. The Labute approximate surface area is 74.2 Å². The van der Waals surface area contributed by atoms with Crippen molar-refractivity contribution in [2.24, 2.45) is 5.92 Å². The topological polar surface area (TPSA) is 27.0 Å². The van der Waals surface area contributed by atoms with Crippen LogP contribution in [0, 0.1) is 17.2 Å². The van der Waals surface area contributed by atoms with Gasteiger partial charge >= 0.3 is 0 Å². The SMILES string of the molecule is CN1[C@@H]2CC[C@H]1C[C@@H](CC#N)C2. The zero-order valence-electron chi connectivity index (χ0n) is 7.66. The molecule has 2 aliphatic heterocycles. The molecule has 0 amide bonds. The number of nitriles is 1. The Hall–Kier alpha value is -0.550. The largest absolute Gasteiger partial charge is 0.300 e. The lowest BCUT2D eigenvalue weighted by molar-refractivity contribution is 0.136. The third-order valence-corrected chi connectivity index (χ3v) is 3.58. The zero-order chi connectivity index (χ0) is 8.55. The number of hydrogen-bond donors (Lipinski definition) is 0. The van der Waals surface area contributed by atoms with Crippen molar-refractivity contribution in [1.82, 2.24) is 4.90 Å². The monoisotopic (exact) mass is 164 g/mol. The Kier molecular flexibility index (Phi) is 2.06. The minimum absolute atomic E-state index is 0.698. The van der Waals surface area contributed by atoms with Crippen molar-refractivity contribution < 1.29 is 0 Å². The van der Waals surface area contributed by atoms with Crippen LogP contribution >= 0.6 is 0 Å². The smallest absolute Gasteiger partial charge is 0.0624 e. The van der Waals surface area contributed by atoms with Crippen molar-refractivity contribution in [1.29, 1.82) is 5.26 Å². The van der Waals surface area contributed by atoms with Gasteiger partial charge < -0.3 is 4.90 Å². The fourth-order valence-corrected chi connectivity index (χ4v) is 2.82. The Morgan fingerprint density at radius 1 is 1.33 bits per heavy atom. The molecule has 2 nitrogen and oxygen atoms in total. The molecule has 0 unspecified atom stereocenters. The van der Waals surface area contributed by atoms with Crippen LogP contribution in [0.1, 0.15) is 32.1 Å². The zero-order valence-corrected chi connectivity index (χ0v) is 7.66. The molecule has 2 aliphatic rings. The number of nitrogens with zero attached hydrogens (tertiary/aromatic N) is 2. The van der Waals surface area contributed by atoms with E-state index in [4.69, 9.17) is 5.26 Å². The maximum Gasteiger partial charge on any atom is 0.0624 e. The normalized spacial score (nSPS) is 41.2. The van der Waals surface area contributed by atoms with Crippen LogP contribution in [0.2, 0.25) is 0 Å². The molecule has 0 aliphatic carbocycles. The second kappa shape index (κ2) is 3.06. The Morgan fingerprint density at radius 2 is 1.92 bits per heavy atom. The van der Waals surface area contributed by atoms with E-state index in [0.29, 0.717) is 5.92 Å². The van der Waals surface area contributed by atoms with Crippen molar-refractivity contribution >= 4 is 0 Å². The summed E-state index contributed by atoms with van der Waals surface area (Å²) in [5.74, 6) is 0.698. The van der Waals surface area contributed by atoms with E-state index in [0.717, 1.165) is 18.5 Å². The van der Waals surface area contributed by atoms with E-state index in [1.54, 1.807) is 0 Å². The standard InChI is InChI=1S/C10H16N2/c1-12-9-2-3-10(12)7-8(6-9)4-5-11/h8-10H,2-4,6-7H2,1H3/t8-,9+,10-. The van der Waals surface area contributed by atoms with Crippen molar-refractivity contribution in [3.63, 3.8) is 0 Å². The molecule has 2 bridgehead atoms. The van der Waals surface area contributed by atoms with Crippen LogP contribution in [0.15, 0.2) is 0 Å². The second-order valence-electron chi connectivity index (χ2n) is 4.25. The Balaban J connectivity index is 1.99. The van der Waals surface area contributed by atoms with Crippen LogP contribution in [-0.4, -0.2) is 24.0 Å². The fourth-order valence-electron chi connectivity index (χ4n) is 2.82. The van der Waals surface area contributed by atoms with Gasteiger partial charge in [0.05, 0.1) is 6.07 Å². The van der Waals surface area contributed by atoms with E-state index in [-0.39, 0.29) is 0 Å². The first-order valence-corrected chi connectivity index (χ1v) is 4.90. The van der Waals surface area contributed by atoms with Gasteiger partial charge in [0, 0.05) is 18.5 Å². The molecule has 2 fully saturated rings. The summed E-state index contributed by atoms with van der Waals surface area (Å²) in [5.41, 5.74) is 0. The molecule has 66 valence electrons. The van der Waals surface area contributed by atoms with Crippen LogP contribution in [-0.2, 0) is 0 Å². The molecular formula is C10H16N2. The van der Waals surface area contributed by atoms with Crippen molar-refractivity contribution in [2.45, 2.75) is 44.2 Å². The van der Waals surface area contributed by atoms with Gasteiger partial charge in [0.1, 0.15) is 0 Å². The van der Waals surface area contributed by atoms with Crippen molar-refractivity contribution in [2.75, 3.05) is 7.05 Å². The molecule has 2 heterocycles. The highest BCUT2D eigenvalue weighted by Gasteiger charge is 2.37. The van der Waals surface area contributed by atoms with E-state index < -0.39 is 0 Å². The molecule has 0 spiro atoms. The maximum absolute atomic E-state index is 8.61. The lowest BCUT2D eigenvalue weighted by Gasteiger charge is -2.35. The predicted molar refractivity (Wildman–Crippen MR) is 47.5 cm³/mol. The summed E-state index contributed by atoms with van der Waals surface area (Å²) in [7, 11) is 2.24. The molecule has 0 aromatic carbocycles. The summed E-state index contributed by atoms with van der Waals surface area (Å²) in [6.45, 7) is 0. The van der Waals surface area contributed by atoms with Crippen molar-refractivity contribution in [3.05, 3.63) is 0 Å². The van der Waals surface area contributed by atoms with Gasteiger partial charge in [-0.05, 0) is 38.6 Å². The van der Waals surface area contributed by atoms with Gasteiger partial charge in [-0.15, -0.1) is 0 Å². The van der Waals surface area contributed by atoms with Crippen LogP contribution in [0.25, 0.3) is 0 Å². The molecular weight excluding hydrogens is 148 g/mol. The van der Waals surface area contributed by atoms with E-state index in [1.165, 1.54) is 25.7 Å². The van der Waals surface area contributed by atoms with Crippen LogP contribution in [0.3, 0.4) is 0 Å². The Morgan fingerprint density at radius 3 is 2.42 bits per heavy atom. The van der Waals surface area contributed by atoms with Gasteiger partial charge in [0.15, 0.2) is 0 Å². The molecule has 0 aromatic heterocycles. The van der Waals surface area contributed by atoms with Crippen LogP contribution in [0.4, 0.5) is 0 Å². The summed E-state index contributed by atoms with van der Waals surface area (Å²) >= 11 is 0. The van der Waals surface area contributed by atoms with Crippen LogP contribution in [0.5, 0.6) is 0 Å². The molecule has 2 rings (SSSR count). The molecule has 0 aromatic rings.